The number of benzene rings is 1. The van der Waals surface area contributed by atoms with Crippen molar-refractivity contribution in [2.45, 2.75) is 44.7 Å². The van der Waals surface area contributed by atoms with Gasteiger partial charge in [-0.05, 0) is 50.8 Å². The van der Waals surface area contributed by atoms with E-state index in [1.165, 1.54) is 6.42 Å². The highest BCUT2D eigenvalue weighted by Crippen LogP contribution is 2.34. The molecule has 2 unspecified atom stereocenters. The van der Waals surface area contributed by atoms with E-state index < -0.39 is 0 Å². The van der Waals surface area contributed by atoms with Crippen molar-refractivity contribution in [1.82, 2.24) is 14.8 Å². The summed E-state index contributed by atoms with van der Waals surface area (Å²) in [6.07, 6.45) is 7.94. The Balaban J connectivity index is 1.80. The average molecular weight is 330 g/mol. The molecule has 0 amide bonds. The van der Waals surface area contributed by atoms with Gasteiger partial charge in [0.1, 0.15) is 18.7 Å². The molecule has 5 nitrogen and oxygen atoms in total. The van der Waals surface area contributed by atoms with Crippen LogP contribution in [0.25, 0.3) is 0 Å². The highest BCUT2D eigenvalue weighted by Gasteiger charge is 2.28. The minimum Gasteiger partial charge on any atom is -0.369 e. The zero-order valence-electron chi connectivity index (χ0n) is 13.2. The Morgan fingerprint density at radius 2 is 2.30 bits per heavy atom. The van der Waals surface area contributed by atoms with Crippen molar-refractivity contribution >= 4 is 17.3 Å². The highest BCUT2D eigenvalue weighted by molar-refractivity contribution is 6.32. The lowest BCUT2D eigenvalue weighted by molar-refractivity contribution is 0.291. The summed E-state index contributed by atoms with van der Waals surface area (Å²) in [6, 6.07) is 8.67. The van der Waals surface area contributed by atoms with Gasteiger partial charge < -0.3 is 4.90 Å². The molecular weight excluding hydrogens is 310 g/mol. The van der Waals surface area contributed by atoms with E-state index >= 15 is 0 Å². The number of hydrogen-bond acceptors (Lipinski definition) is 4. The molecule has 1 aliphatic carbocycles. The predicted molar refractivity (Wildman–Crippen MR) is 90.5 cm³/mol. The number of halogens is 1. The third-order valence-corrected chi connectivity index (χ3v) is 4.93. The van der Waals surface area contributed by atoms with Gasteiger partial charge in [-0.1, -0.05) is 11.6 Å². The third kappa shape index (κ3) is 3.32. The molecular formula is C17H20ClN5. The summed E-state index contributed by atoms with van der Waals surface area (Å²) < 4.78 is 1.98. The van der Waals surface area contributed by atoms with Crippen LogP contribution in [0.1, 0.15) is 44.2 Å². The van der Waals surface area contributed by atoms with E-state index in [9.17, 15) is 0 Å². The van der Waals surface area contributed by atoms with E-state index in [2.05, 4.69) is 28.0 Å². The van der Waals surface area contributed by atoms with Crippen molar-refractivity contribution in [3.05, 3.63) is 41.4 Å². The molecule has 0 bridgehead atoms. The fourth-order valence-corrected chi connectivity index (χ4v) is 3.71. The van der Waals surface area contributed by atoms with Crippen LogP contribution in [-0.4, -0.2) is 27.4 Å². The molecule has 0 spiro atoms. The van der Waals surface area contributed by atoms with Gasteiger partial charge in [0.15, 0.2) is 0 Å². The number of aromatic nitrogens is 3. The van der Waals surface area contributed by atoms with Gasteiger partial charge in [0, 0.05) is 18.3 Å². The van der Waals surface area contributed by atoms with E-state index in [1.54, 1.807) is 12.4 Å². The molecule has 2 atom stereocenters. The van der Waals surface area contributed by atoms with Gasteiger partial charge in [0.05, 0.1) is 16.6 Å². The number of hydrogen-bond donors (Lipinski definition) is 0. The van der Waals surface area contributed by atoms with Gasteiger partial charge in [-0.15, -0.1) is 0 Å². The standard InChI is InChI=1S/C17H20ClN5/c1-2-22(15-7-6-13(10-19)17(18)9-15)14-4-3-5-16(8-14)23-12-20-11-21-23/h6-7,9,11-12,14,16H,2-5,8H2,1H3. The zero-order valence-corrected chi connectivity index (χ0v) is 13.9. The van der Waals surface area contributed by atoms with Crippen molar-refractivity contribution in [3.8, 4) is 6.07 Å². The second kappa shape index (κ2) is 7.01. The summed E-state index contributed by atoms with van der Waals surface area (Å²) in [7, 11) is 0. The first-order valence-electron chi connectivity index (χ1n) is 8.03. The molecule has 120 valence electrons. The summed E-state index contributed by atoms with van der Waals surface area (Å²) in [5.74, 6) is 0. The Labute approximate surface area is 141 Å². The van der Waals surface area contributed by atoms with Gasteiger partial charge in [0.25, 0.3) is 0 Å². The summed E-state index contributed by atoms with van der Waals surface area (Å²) in [5, 5.41) is 13.8. The first-order valence-corrected chi connectivity index (χ1v) is 8.41. The van der Waals surface area contributed by atoms with Crippen LogP contribution < -0.4 is 4.90 Å². The molecule has 0 N–H and O–H groups in total. The van der Waals surface area contributed by atoms with E-state index in [1.807, 2.05) is 23.1 Å². The zero-order chi connectivity index (χ0) is 16.2. The Morgan fingerprint density at radius 3 is 2.96 bits per heavy atom. The van der Waals surface area contributed by atoms with E-state index in [-0.39, 0.29) is 0 Å². The molecule has 1 aromatic heterocycles. The van der Waals surface area contributed by atoms with Crippen molar-refractivity contribution in [2.24, 2.45) is 0 Å². The van der Waals surface area contributed by atoms with Crippen molar-refractivity contribution in [1.29, 1.82) is 5.26 Å². The molecule has 6 heteroatoms. The van der Waals surface area contributed by atoms with Gasteiger partial charge >= 0.3 is 0 Å². The van der Waals surface area contributed by atoms with E-state index in [0.29, 0.717) is 22.7 Å². The van der Waals surface area contributed by atoms with Crippen molar-refractivity contribution in [2.75, 3.05) is 11.4 Å². The van der Waals surface area contributed by atoms with Crippen LogP contribution in [0.2, 0.25) is 5.02 Å². The number of nitrogens with zero attached hydrogens (tertiary/aromatic N) is 5. The summed E-state index contributed by atoms with van der Waals surface area (Å²) in [5.41, 5.74) is 1.61. The lowest BCUT2D eigenvalue weighted by Gasteiger charge is -2.38. The molecule has 1 saturated carbocycles. The highest BCUT2D eigenvalue weighted by atomic mass is 35.5. The SMILES string of the molecule is CCN(c1ccc(C#N)c(Cl)c1)C1CCCC(n2cncn2)C1. The lowest BCUT2D eigenvalue weighted by atomic mass is 9.89. The average Bonchev–Trinajstić information content (AvgIpc) is 3.11. The summed E-state index contributed by atoms with van der Waals surface area (Å²) in [6.45, 7) is 3.07. The minimum absolute atomic E-state index is 0.402. The van der Waals surface area contributed by atoms with Crippen LogP contribution in [0.3, 0.4) is 0 Å². The minimum atomic E-state index is 0.402. The first kappa shape index (κ1) is 15.8. The molecule has 1 fully saturated rings. The molecule has 1 aliphatic rings. The maximum absolute atomic E-state index is 9.03. The van der Waals surface area contributed by atoms with E-state index in [4.69, 9.17) is 16.9 Å². The predicted octanol–water partition coefficient (Wildman–Crippen LogP) is 3.81. The number of anilines is 1. The maximum Gasteiger partial charge on any atom is 0.137 e. The van der Waals surface area contributed by atoms with Crippen LogP contribution in [0.15, 0.2) is 30.9 Å². The summed E-state index contributed by atoms with van der Waals surface area (Å²) in [4.78, 5) is 6.45. The number of nitriles is 1. The fraction of sp³-hybridized carbons (Fsp3) is 0.471. The largest absolute Gasteiger partial charge is 0.369 e. The molecule has 1 aromatic carbocycles. The molecule has 3 rings (SSSR count). The Bertz CT molecular complexity index is 692. The molecule has 1 heterocycles. The van der Waals surface area contributed by atoms with Crippen molar-refractivity contribution < 1.29 is 0 Å². The molecule has 2 aromatic rings. The smallest absolute Gasteiger partial charge is 0.137 e. The Morgan fingerprint density at radius 1 is 1.43 bits per heavy atom. The van der Waals surface area contributed by atoms with Crippen molar-refractivity contribution in [3.63, 3.8) is 0 Å². The fourth-order valence-electron chi connectivity index (χ4n) is 3.49. The lowest BCUT2D eigenvalue weighted by Crippen LogP contribution is -2.39. The monoisotopic (exact) mass is 329 g/mol. The van der Waals surface area contributed by atoms with Gasteiger partial charge in [0.2, 0.25) is 0 Å². The Hall–Kier alpha value is -2.06. The third-order valence-electron chi connectivity index (χ3n) is 4.62. The summed E-state index contributed by atoms with van der Waals surface area (Å²) >= 11 is 6.21. The molecule has 0 saturated heterocycles. The van der Waals surface area contributed by atoms with Gasteiger partial charge in [-0.25, -0.2) is 9.67 Å². The molecule has 0 radical (unpaired) electrons. The quantitative estimate of drug-likeness (QED) is 0.855. The normalized spacial score (nSPS) is 20.9. The van der Waals surface area contributed by atoms with Crippen LogP contribution >= 0.6 is 11.6 Å². The topological polar surface area (TPSA) is 57.7 Å². The number of rotatable bonds is 4. The second-order valence-electron chi connectivity index (χ2n) is 5.91. The van der Waals surface area contributed by atoms with Gasteiger partial charge in [-0.2, -0.15) is 10.4 Å². The molecule has 0 aliphatic heterocycles. The second-order valence-corrected chi connectivity index (χ2v) is 6.32. The van der Waals surface area contributed by atoms with Gasteiger partial charge in [-0.3, -0.25) is 0 Å². The van der Waals surface area contributed by atoms with E-state index in [0.717, 1.165) is 31.5 Å². The van der Waals surface area contributed by atoms with Crippen LogP contribution in [0.4, 0.5) is 5.69 Å². The van der Waals surface area contributed by atoms with Crippen LogP contribution in [0.5, 0.6) is 0 Å². The van der Waals surface area contributed by atoms with Crippen LogP contribution in [0, 0.1) is 11.3 Å². The molecule has 23 heavy (non-hydrogen) atoms. The first-order chi connectivity index (χ1) is 11.2. The maximum atomic E-state index is 9.03. The van der Waals surface area contributed by atoms with Crippen LogP contribution in [-0.2, 0) is 0 Å². The Kier molecular flexibility index (Phi) is 4.82.